The Morgan fingerprint density at radius 2 is 2.17 bits per heavy atom. The monoisotopic (exact) mass is 171 g/mol. The molecule has 0 heterocycles. The predicted molar refractivity (Wildman–Crippen MR) is 50.8 cm³/mol. The van der Waals surface area contributed by atoms with Crippen LogP contribution in [0.1, 0.15) is 39.5 Å². The summed E-state index contributed by atoms with van der Waals surface area (Å²) in [6.07, 6.45) is 4.46. The smallest absolute Gasteiger partial charge is 0.0633 e. The van der Waals surface area contributed by atoms with E-state index in [1.54, 1.807) is 0 Å². The van der Waals surface area contributed by atoms with E-state index in [1.165, 1.54) is 19.3 Å². The van der Waals surface area contributed by atoms with Crippen molar-refractivity contribution in [1.82, 2.24) is 0 Å². The molecule has 0 aromatic rings. The average molecular weight is 171 g/mol. The highest BCUT2D eigenvalue weighted by molar-refractivity contribution is 4.89. The largest absolute Gasteiger partial charge is 0.392 e. The molecule has 12 heavy (non-hydrogen) atoms. The first-order valence-corrected chi connectivity index (χ1v) is 5.02. The molecular weight excluding hydrogens is 150 g/mol. The van der Waals surface area contributed by atoms with Crippen LogP contribution in [0, 0.1) is 11.3 Å². The van der Waals surface area contributed by atoms with Crippen molar-refractivity contribution in [2.75, 3.05) is 6.54 Å². The van der Waals surface area contributed by atoms with Crippen molar-refractivity contribution in [3.63, 3.8) is 0 Å². The highest BCUT2D eigenvalue weighted by Gasteiger charge is 2.37. The molecule has 0 amide bonds. The lowest BCUT2D eigenvalue weighted by Crippen LogP contribution is -2.45. The Morgan fingerprint density at radius 3 is 2.42 bits per heavy atom. The Labute approximate surface area is 75.2 Å². The van der Waals surface area contributed by atoms with Crippen molar-refractivity contribution in [3.8, 4) is 0 Å². The first-order chi connectivity index (χ1) is 5.64. The molecule has 72 valence electrons. The number of aliphatic hydroxyl groups excluding tert-OH is 1. The van der Waals surface area contributed by atoms with Gasteiger partial charge in [0, 0.05) is 12.0 Å². The highest BCUT2D eigenvalue weighted by atomic mass is 16.3. The van der Waals surface area contributed by atoms with E-state index >= 15 is 0 Å². The van der Waals surface area contributed by atoms with Gasteiger partial charge >= 0.3 is 0 Å². The van der Waals surface area contributed by atoms with Crippen LogP contribution in [-0.4, -0.2) is 17.8 Å². The Morgan fingerprint density at radius 1 is 1.58 bits per heavy atom. The SMILES string of the molecule is CCC(C)(CN)C(O)C1CCC1. The standard InChI is InChI=1S/C10H21NO/c1-3-10(2,7-11)9(12)8-5-4-6-8/h8-9,12H,3-7,11H2,1-2H3. The van der Waals surface area contributed by atoms with Gasteiger partial charge in [0.2, 0.25) is 0 Å². The van der Waals surface area contributed by atoms with Gasteiger partial charge in [-0.05, 0) is 25.2 Å². The van der Waals surface area contributed by atoms with Gasteiger partial charge in [0.15, 0.2) is 0 Å². The Balaban J connectivity index is 2.51. The third kappa shape index (κ3) is 1.64. The minimum atomic E-state index is -0.179. The minimum absolute atomic E-state index is 0.0505. The second-order valence-corrected chi connectivity index (χ2v) is 4.35. The lowest BCUT2D eigenvalue weighted by Gasteiger charge is -2.41. The lowest BCUT2D eigenvalue weighted by molar-refractivity contribution is -0.0336. The summed E-state index contributed by atoms with van der Waals surface area (Å²) < 4.78 is 0. The van der Waals surface area contributed by atoms with Crippen LogP contribution < -0.4 is 5.73 Å². The first kappa shape index (κ1) is 10.0. The van der Waals surface area contributed by atoms with Crippen LogP contribution in [0.2, 0.25) is 0 Å². The highest BCUT2D eigenvalue weighted by Crippen LogP contribution is 2.38. The summed E-state index contributed by atoms with van der Waals surface area (Å²) in [6.45, 7) is 4.80. The number of hydrogen-bond donors (Lipinski definition) is 2. The van der Waals surface area contributed by atoms with Crippen LogP contribution in [0.15, 0.2) is 0 Å². The molecule has 1 rings (SSSR count). The van der Waals surface area contributed by atoms with Gasteiger partial charge in [0.1, 0.15) is 0 Å². The van der Waals surface area contributed by atoms with Gasteiger partial charge in [-0.1, -0.05) is 20.3 Å². The molecule has 0 aliphatic heterocycles. The molecule has 0 saturated heterocycles. The lowest BCUT2D eigenvalue weighted by atomic mass is 9.69. The summed E-state index contributed by atoms with van der Waals surface area (Å²) in [5, 5.41) is 10.0. The van der Waals surface area contributed by atoms with Gasteiger partial charge in [0.05, 0.1) is 6.10 Å². The zero-order valence-corrected chi connectivity index (χ0v) is 8.21. The molecule has 2 nitrogen and oxygen atoms in total. The number of hydrogen-bond acceptors (Lipinski definition) is 2. The normalized spacial score (nSPS) is 26.0. The van der Waals surface area contributed by atoms with Crippen LogP contribution in [0.25, 0.3) is 0 Å². The summed E-state index contributed by atoms with van der Waals surface area (Å²) in [5.41, 5.74) is 5.62. The quantitative estimate of drug-likeness (QED) is 0.673. The van der Waals surface area contributed by atoms with Gasteiger partial charge in [-0.3, -0.25) is 0 Å². The van der Waals surface area contributed by atoms with Crippen LogP contribution in [0.5, 0.6) is 0 Å². The number of aliphatic hydroxyl groups is 1. The zero-order valence-electron chi connectivity index (χ0n) is 8.21. The van der Waals surface area contributed by atoms with E-state index < -0.39 is 0 Å². The summed E-state index contributed by atoms with van der Waals surface area (Å²) in [4.78, 5) is 0. The molecule has 0 bridgehead atoms. The molecule has 1 aliphatic carbocycles. The van der Waals surface area contributed by atoms with E-state index in [0.717, 1.165) is 6.42 Å². The Hall–Kier alpha value is -0.0800. The van der Waals surface area contributed by atoms with Crippen molar-refractivity contribution in [2.24, 2.45) is 17.1 Å². The maximum Gasteiger partial charge on any atom is 0.0633 e. The maximum absolute atomic E-state index is 10.0. The summed E-state index contributed by atoms with van der Waals surface area (Å²) in [7, 11) is 0. The van der Waals surface area contributed by atoms with Crippen LogP contribution in [0.3, 0.4) is 0 Å². The molecule has 2 atom stereocenters. The van der Waals surface area contributed by atoms with E-state index in [4.69, 9.17) is 5.73 Å². The molecule has 1 saturated carbocycles. The van der Waals surface area contributed by atoms with E-state index in [1.807, 2.05) is 0 Å². The fraction of sp³-hybridized carbons (Fsp3) is 1.00. The molecule has 0 radical (unpaired) electrons. The molecule has 1 aliphatic rings. The third-order valence-electron chi connectivity index (χ3n) is 3.58. The topological polar surface area (TPSA) is 46.2 Å². The van der Waals surface area contributed by atoms with Gasteiger partial charge in [-0.15, -0.1) is 0 Å². The van der Waals surface area contributed by atoms with Crippen molar-refractivity contribution in [3.05, 3.63) is 0 Å². The molecule has 0 aromatic heterocycles. The van der Waals surface area contributed by atoms with Gasteiger partial charge in [-0.2, -0.15) is 0 Å². The summed E-state index contributed by atoms with van der Waals surface area (Å²) in [5.74, 6) is 0.526. The number of rotatable bonds is 4. The fourth-order valence-corrected chi connectivity index (χ4v) is 1.80. The van der Waals surface area contributed by atoms with Gasteiger partial charge < -0.3 is 10.8 Å². The van der Waals surface area contributed by atoms with Crippen LogP contribution >= 0.6 is 0 Å². The van der Waals surface area contributed by atoms with Crippen molar-refractivity contribution >= 4 is 0 Å². The molecule has 2 unspecified atom stereocenters. The third-order valence-corrected chi connectivity index (χ3v) is 3.58. The Bertz CT molecular complexity index is 139. The summed E-state index contributed by atoms with van der Waals surface area (Å²) in [6, 6.07) is 0. The van der Waals surface area contributed by atoms with Crippen molar-refractivity contribution in [1.29, 1.82) is 0 Å². The molecule has 1 fully saturated rings. The maximum atomic E-state index is 10.0. The van der Waals surface area contributed by atoms with Crippen LogP contribution in [-0.2, 0) is 0 Å². The molecular formula is C10H21NO. The van der Waals surface area contributed by atoms with Gasteiger partial charge in [-0.25, -0.2) is 0 Å². The molecule has 2 heteroatoms. The second kappa shape index (κ2) is 3.75. The van der Waals surface area contributed by atoms with Crippen molar-refractivity contribution in [2.45, 2.75) is 45.6 Å². The predicted octanol–water partition coefficient (Wildman–Crippen LogP) is 1.52. The molecule has 0 spiro atoms. The van der Waals surface area contributed by atoms with E-state index in [-0.39, 0.29) is 11.5 Å². The number of nitrogens with two attached hydrogens (primary N) is 1. The first-order valence-electron chi connectivity index (χ1n) is 5.02. The minimum Gasteiger partial charge on any atom is -0.392 e. The molecule has 3 N–H and O–H groups in total. The molecule has 0 aromatic carbocycles. The van der Waals surface area contributed by atoms with Crippen molar-refractivity contribution < 1.29 is 5.11 Å². The average Bonchev–Trinajstić information content (AvgIpc) is 2.00. The van der Waals surface area contributed by atoms with E-state index in [9.17, 15) is 5.11 Å². The van der Waals surface area contributed by atoms with Gasteiger partial charge in [0.25, 0.3) is 0 Å². The second-order valence-electron chi connectivity index (χ2n) is 4.35. The fourth-order valence-electron chi connectivity index (χ4n) is 1.80. The zero-order chi connectivity index (χ0) is 9.19. The Kier molecular flexibility index (Phi) is 3.13. The van der Waals surface area contributed by atoms with E-state index in [0.29, 0.717) is 12.5 Å². The van der Waals surface area contributed by atoms with Crippen LogP contribution in [0.4, 0.5) is 0 Å². The van der Waals surface area contributed by atoms with E-state index in [2.05, 4.69) is 13.8 Å². The summed E-state index contributed by atoms with van der Waals surface area (Å²) >= 11 is 0.